The summed E-state index contributed by atoms with van der Waals surface area (Å²) in [6.45, 7) is 0. The topological polar surface area (TPSA) is 123 Å². The highest BCUT2D eigenvalue weighted by Crippen LogP contribution is 2.28. The van der Waals surface area contributed by atoms with Gasteiger partial charge in [-0.1, -0.05) is 60.7 Å². The number of aromatic hydroxyl groups is 1. The Balaban J connectivity index is 1.54. The minimum absolute atomic E-state index is 0.0621. The fourth-order valence-corrected chi connectivity index (χ4v) is 3.85. The van der Waals surface area contributed by atoms with Crippen molar-refractivity contribution in [3.63, 3.8) is 0 Å². The third kappa shape index (κ3) is 6.45. The van der Waals surface area contributed by atoms with E-state index >= 15 is 0 Å². The van der Waals surface area contributed by atoms with E-state index in [-0.39, 0.29) is 5.75 Å². The summed E-state index contributed by atoms with van der Waals surface area (Å²) in [5.41, 5.74) is 7.96. The third-order valence-corrected chi connectivity index (χ3v) is 5.71. The first-order chi connectivity index (χ1) is 17.9. The molecule has 0 saturated heterocycles. The molecule has 0 unspecified atom stereocenters. The number of nitrogens with two attached hydrogens (primary N) is 1. The van der Waals surface area contributed by atoms with Crippen molar-refractivity contribution in [2.75, 3.05) is 23.5 Å². The Morgan fingerprint density at radius 1 is 0.865 bits per heavy atom. The van der Waals surface area contributed by atoms with E-state index in [1.807, 2.05) is 36.4 Å². The molecule has 0 heterocycles. The van der Waals surface area contributed by atoms with E-state index < -0.39 is 24.2 Å². The van der Waals surface area contributed by atoms with Crippen LogP contribution >= 0.6 is 0 Å². The molecule has 8 heteroatoms. The molecule has 4 aromatic carbocycles. The Kier molecular flexibility index (Phi) is 8.02. The number of carbonyl (C=O) groups is 2. The lowest BCUT2D eigenvalue weighted by Gasteiger charge is -2.24. The van der Waals surface area contributed by atoms with Crippen LogP contribution in [0.3, 0.4) is 0 Å². The van der Waals surface area contributed by atoms with Crippen LogP contribution in [0.25, 0.3) is 10.8 Å². The van der Waals surface area contributed by atoms with Gasteiger partial charge in [0.25, 0.3) is 0 Å². The van der Waals surface area contributed by atoms with Gasteiger partial charge in [-0.15, -0.1) is 0 Å². The monoisotopic (exact) mass is 497 g/mol. The molecule has 2 atom stereocenters. The van der Waals surface area contributed by atoms with E-state index in [9.17, 15) is 14.7 Å². The van der Waals surface area contributed by atoms with Crippen LogP contribution in [0.1, 0.15) is 11.7 Å². The number of phenols is 1. The fourth-order valence-electron chi connectivity index (χ4n) is 3.85. The van der Waals surface area contributed by atoms with Crippen molar-refractivity contribution < 1.29 is 24.2 Å². The van der Waals surface area contributed by atoms with Crippen LogP contribution in [0, 0.1) is 0 Å². The molecule has 0 aliphatic rings. The average molecular weight is 498 g/mol. The zero-order chi connectivity index (χ0) is 26.2. The molecule has 0 bridgehead atoms. The van der Waals surface area contributed by atoms with Gasteiger partial charge in [0.05, 0.1) is 17.1 Å². The molecule has 4 rings (SSSR count). The maximum absolute atomic E-state index is 13.0. The van der Waals surface area contributed by atoms with Gasteiger partial charge < -0.3 is 25.6 Å². The number of benzene rings is 4. The highest BCUT2D eigenvalue weighted by molar-refractivity contribution is 6.01. The van der Waals surface area contributed by atoms with E-state index in [1.165, 1.54) is 31.4 Å². The molecule has 8 nitrogen and oxygen atoms in total. The van der Waals surface area contributed by atoms with Gasteiger partial charge in [-0.05, 0) is 47.4 Å². The van der Waals surface area contributed by atoms with Crippen molar-refractivity contribution in [2.24, 2.45) is 0 Å². The second kappa shape index (κ2) is 11.7. The average Bonchev–Trinajstić information content (AvgIpc) is 2.90. The van der Waals surface area contributed by atoms with Crippen LogP contribution in [0.4, 0.5) is 21.9 Å². The molecule has 0 aliphatic carbocycles. The third-order valence-electron chi connectivity index (χ3n) is 5.71. The second-order valence-electron chi connectivity index (χ2n) is 8.21. The van der Waals surface area contributed by atoms with Crippen molar-refractivity contribution in [2.45, 2.75) is 12.2 Å². The summed E-state index contributed by atoms with van der Waals surface area (Å²) in [6, 6.07) is 26.3. The maximum Gasteiger partial charge on any atom is 0.412 e. The fraction of sp³-hybridized carbons (Fsp3) is 0.103. The Bertz CT molecular complexity index is 1410. The number of para-hydroxylation sites is 2. The van der Waals surface area contributed by atoms with E-state index in [4.69, 9.17) is 15.2 Å². The number of anilines is 3. The summed E-state index contributed by atoms with van der Waals surface area (Å²) in [5, 5.41) is 17.1. The zero-order valence-corrected chi connectivity index (χ0v) is 20.1. The molecule has 0 radical (unpaired) electrons. The first-order valence-corrected chi connectivity index (χ1v) is 11.6. The summed E-state index contributed by atoms with van der Waals surface area (Å²) < 4.78 is 11.4. The van der Waals surface area contributed by atoms with Crippen molar-refractivity contribution in [3.05, 3.63) is 109 Å². The number of ether oxygens (including phenoxy) is 2. The van der Waals surface area contributed by atoms with Gasteiger partial charge in [0.1, 0.15) is 11.9 Å². The number of nitrogen functional groups attached to an aromatic ring is 1. The van der Waals surface area contributed by atoms with Gasteiger partial charge in [-0.25, -0.2) is 4.79 Å². The Hall–Kier alpha value is -4.82. The molecule has 0 fully saturated rings. The van der Waals surface area contributed by atoms with Crippen LogP contribution < -0.4 is 16.4 Å². The summed E-state index contributed by atoms with van der Waals surface area (Å²) in [4.78, 5) is 25.5. The van der Waals surface area contributed by atoms with Crippen LogP contribution in [0.5, 0.6) is 5.75 Å². The first kappa shape index (κ1) is 25.3. The molecular formula is C29H27N3O5. The van der Waals surface area contributed by atoms with Crippen LogP contribution in [0.15, 0.2) is 103 Å². The molecule has 4 aromatic rings. The molecule has 5 N–H and O–H groups in total. The minimum atomic E-state index is -0.925. The van der Waals surface area contributed by atoms with Gasteiger partial charge in [0.15, 0.2) is 6.10 Å². The predicted molar refractivity (Wildman–Crippen MR) is 144 cm³/mol. The van der Waals surface area contributed by atoms with E-state index in [1.54, 1.807) is 42.5 Å². The van der Waals surface area contributed by atoms with E-state index in [0.717, 1.165) is 10.8 Å². The highest BCUT2D eigenvalue weighted by atomic mass is 16.6. The Morgan fingerprint density at radius 2 is 1.54 bits per heavy atom. The second-order valence-corrected chi connectivity index (χ2v) is 8.21. The van der Waals surface area contributed by atoms with Crippen LogP contribution in [0.2, 0.25) is 0 Å². The number of hydrogen-bond donors (Lipinski definition) is 4. The SMILES string of the molecule is CO[C@@H](/C=C/C(=O)Nc1ccccc1N)[C@@H](OC(=O)Nc1cccc2ccccc12)c1ccc(O)cc1. The lowest BCUT2D eigenvalue weighted by atomic mass is 10.0. The van der Waals surface area contributed by atoms with Gasteiger partial charge in [0.2, 0.25) is 5.91 Å². The number of amides is 2. The van der Waals surface area contributed by atoms with Crippen molar-refractivity contribution in [3.8, 4) is 5.75 Å². The number of methoxy groups -OCH3 is 1. The smallest absolute Gasteiger partial charge is 0.412 e. The number of rotatable bonds is 8. The number of fused-ring (bicyclic) bond motifs is 1. The molecule has 0 spiro atoms. The first-order valence-electron chi connectivity index (χ1n) is 11.6. The quantitative estimate of drug-likeness (QED) is 0.185. The van der Waals surface area contributed by atoms with Crippen LogP contribution in [-0.2, 0) is 14.3 Å². The maximum atomic E-state index is 13.0. The Morgan fingerprint density at radius 3 is 2.30 bits per heavy atom. The van der Waals surface area contributed by atoms with Gasteiger partial charge in [-0.3, -0.25) is 10.1 Å². The molecule has 0 saturated carbocycles. The number of carbonyl (C=O) groups excluding carboxylic acids is 2. The largest absolute Gasteiger partial charge is 0.508 e. The van der Waals surface area contributed by atoms with E-state index in [2.05, 4.69) is 10.6 Å². The summed E-state index contributed by atoms with van der Waals surface area (Å²) >= 11 is 0. The molecule has 37 heavy (non-hydrogen) atoms. The lowest BCUT2D eigenvalue weighted by molar-refractivity contribution is -0.112. The summed E-state index contributed by atoms with van der Waals surface area (Å²) in [7, 11) is 1.45. The van der Waals surface area contributed by atoms with Crippen LogP contribution in [-0.4, -0.2) is 30.3 Å². The predicted octanol–water partition coefficient (Wildman–Crippen LogP) is 5.63. The van der Waals surface area contributed by atoms with Crippen molar-refractivity contribution in [1.29, 1.82) is 0 Å². The number of phenolic OH excluding ortho intramolecular Hbond substituents is 1. The highest BCUT2D eigenvalue weighted by Gasteiger charge is 2.26. The van der Waals surface area contributed by atoms with Gasteiger partial charge >= 0.3 is 6.09 Å². The molecular weight excluding hydrogens is 470 g/mol. The molecule has 188 valence electrons. The van der Waals surface area contributed by atoms with Gasteiger partial charge in [-0.2, -0.15) is 0 Å². The van der Waals surface area contributed by atoms with E-state index in [0.29, 0.717) is 22.6 Å². The molecule has 0 aromatic heterocycles. The van der Waals surface area contributed by atoms with Crippen molar-refractivity contribution >= 4 is 39.8 Å². The normalized spacial score (nSPS) is 12.7. The minimum Gasteiger partial charge on any atom is -0.508 e. The zero-order valence-electron chi connectivity index (χ0n) is 20.1. The summed E-state index contributed by atoms with van der Waals surface area (Å²) in [5.74, 6) is -0.364. The number of hydrogen-bond acceptors (Lipinski definition) is 6. The van der Waals surface area contributed by atoms with Crippen molar-refractivity contribution in [1.82, 2.24) is 0 Å². The molecule has 0 aliphatic heterocycles. The lowest BCUT2D eigenvalue weighted by Crippen LogP contribution is -2.27. The molecule has 2 amide bonds. The standard InChI is InChI=1S/C29H27N3O5/c1-36-26(17-18-27(34)31-25-11-5-4-10-23(25)30)28(20-13-15-21(33)16-14-20)37-29(35)32-24-12-6-8-19-7-2-3-9-22(19)24/h2-18,26,28,33H,30H2,1H3,(H,31,34)(H,32,35)/b18-17+/t26-,28-/m0/s1. The Labute approximate surface area is 214 Å². The summed E-state index contributed by atoms with van der Waals surface area (Å²) in [6.07, 6.45) is 0.344. The number of nitrogens with one attached hydrogen (secondary N) is 2. The van der Waals surface area contributed by atoms with Gasteiger partial charge in [0, 0.05) is 18.6 Å².